The van der Waals surface area contributed by atoms with Crippen LogP contribution in [0, 0.1) is 0 Å². The number of carbonyl (C=O) groups excluding carboxylic acids is 1. The standard InChI is InChI=1S/C29H27NO3/c1-32-28(31)25-16-15-24(33-20-23-14-13-21-9-5-6-12-27(21)30-23)19-26(25)29(17-7-8-18-29)22-10-3-2-4-11-22/h2-6,9-16,19H,7-8,17-18,20H2,1H3. The van der Waals surface area contributed by atoms with Gasteiger partial charge >= 0.3 is 5.97 Å². The van der Waals surface area contributed by atoms with Gasteiger partial charge in [-0.05, 0) is 54.3 Å². The van der Waals surface area contributed by atoms with Crippen LogP contribution in [0.1, 0.15) is 52.9 Å². The Morgan fingerprint density at radius 3 is 2.45 bits per heavy atom. The summed E-state index contributed by atoms with van der Waals surface area (Å²) in [6.07, 6.45) is 4.25. The smallest absolute Gasteiger partial charge is 0.338 e. The summed E-state index contributed by atoms with van der Waals surface area (Å²) in [6, 6.07) is 28.3. The third kappa shape index (κ3) is 4.09. The molecule has 4 heteroatoms. The van der Waals surface area contributed by atoms with Crippen LogP contribution >= 0.6 is 0 Å². The van der Waals surface area contributed by atoms with E-state index in [1.54, 1.807) is 0 Å². The summed E-state index contributed by atoms with van der Waals surface area (Å²) in [5, 5.41) is 1.11. The topological polar surface area (TPSA) is 48.4 Å². The van der Waals surface area contributed by atoms with Crippen molar-refractivity contribution >= 4 is 16.9 Å². The molecule has 0 bridgehead atoms. The Bertz CT molecular complexity index is 1280. The molecule has 1 aliphatic carbocycles. The second kappa shape index (κ2) is 9.07. The summed E-state index contributed by atoms with van der Waals surface area (Å²) in [7, 11) is 1.44. The van der Waals surface area contributed by atoms with Gasteiger partial charge in [0.05, 0.1) is 23.9 Å². The number of pyridine rings is 1. The van der Waals surface area contributed by atoms with Crippen molar-refractivity contribution in [3.05, 3.63) is 107 Å². The molecule has 0 amide bonds. The molecular formula is C29H27NO3. The number of para-hydroxylation sites is 1. The van der Waals surface area contributed by atoms with Crippen LogP contribution in [0.5, 0.6) is 5.75 Å². The lowest BCUT2D eigenvalue weighted by Gasteiger charge is -2.32. The number of aromatic nitrogens is 1. The van der Waals surface area contributed by atoms with Crippen molar-refractivity contribution in [1.82, 2.24) is 4.98 Å². The Labute approximate surface area is 194 Å². The van der Waals surface area contributed by atoms with Crippen molar-refractivity contribution in [2.75, 3.05) is 7.11 Å². The van der Waals surface area contributed by atoms with Gasteiger partial charge in [0.2, 0.25) is 0 Å². The highest BCUT2D eigenvalue weighted by molar-refractivity contribution is 5.92. The molecule has 1 fully saturated rings. The average Bonchev–Trinajstić information content (AvgIpc) is 3.38. The van der Waals surface area contributed by atoms with Crippen molar-refractivity contribution in [3.8, 4) is 5.75 Å². The Balaban J connectivity index is 1.50. The zero-order valence-electron chi connectivity index (χ0n) is 18.8. The summed E-state index contributed by atoms with van der Waals surface area (Å²) in [5.74, 6) is 0.421. The zero-order valence-corrected chi connectivity index (χ0v) is 18.8. The van der Waals surface area contributed by atoms with Gasteiger partial charge in [0.1, 0.15) is 12.4 Å². The third-order valence-corrected chi connectivity index (χ3v) is 6.74. The SMILES string of the molecule is COC(=O)c1ccc(OCc2ccc3ccccc3n2)cc1C1(c2ccccc2)CCCC1. The Kier molecular flexibility index (Phi) is 5.82. The highest BCUT2D eigenvalue weighted by Crippen LogP contribution is 2.48. The zero-order chi connectivity index (χ0) is 22.7. The van der Waals surface area contributed by atoms with Gasteiger partial charge in [0.25, 0.3) is 0 Å². The number of nitrogens with zero attached hydrogens (tertiary/aromatic N) is 1. The molecule has 166 valence electrons. The molecule has 0 saturated heterocycles. The Morgan fingerprint density at radius 1 is 0.909 bits per heavy atom. The van der Waals surface area contributed by atoms with Gasteiger partial charge in [-0.15, -0.1) is 0 Å². The van der Waals surface area contributed by atoms with E-state index in [2.05, 4.69) is 36.4 Å². The Hall–Kier alpha value is -3.66. The fourth-order valence-corrected chi connectivity index (χ4v) is 5.09. The maximum absolute atomic E-state index is 12.7. The lowest BCUT2D eigenvalue weighted by atomic mass is 9.71. The second-order valence-corrected chi connectivity index (χ2v) is 8.64. The lowest BCUT2D eigenvalue weighted by Crippen LogP contribution is -2.27. The number of hydrogen-bond acceptors (Lipinski definition) is 4. The number of hydrogen-bond donors (Lipinski definition) is 0. The molecule has 4 nitrogen and oxygen atoms in total. The monoisotopic (exact) mass is 437 g/mol. The fraction of sp³-hybridized carbons (Fsp3) is 0.241. The average molecular weight is 438 g/mol. The second-order valence-electron chi connectivity index (χ2n) is 8.64. The van der Waals surface area contributed by atoms with Gasteiger partial charge in [-0.25, -0.2) is 9.78 Å². The third-order valence-electron chi connectivity index (χ3n) is 6.74. The minimum atomic E-state index is -0.310. The molecule has 0 unspecified atom stereocenters. The summed E-state index contributed by atoms with van der Waals surface area (Å²) >= 11 is 0. The molecule has 1 saturated carbocycles. The van der Waals surface area contributed by atoms with E-state index in [-0.39, 0.29) is 11.4 Å². The quantitative estimate of drug-likeness (QED) is 0.325. The van der Waals surface area contributed by atoms with Crippen molar-refractivity contribution in [2.45, 2.75) is 37.7 Å². The first-order valence-corrected chi connectivity index (χ1v) is 11.5. The van der Waals surface area contributed by atoms with E-state index in [0.717, 1.165) is 53.6 Å². The number of benzene rings is 3. The molecule has 5 rings (SSSR count). The van der Waals surface area contributed by atoms with Crippen LogP contribution in [0.4, 0.5) is 0 Å². The first kappa shape index (κ1) is 21.2. The highest BCUT2D eigenvalue weighted by Gasteiger charge is 2.40. The van der Waals surface area contributed by atoms with E-state index in [1.807, 2.05) is 48.5 Å². The van der Waals surface area contributed by atoms with E-state index in [9.17, 15) is 4.79 Å². The van der Waals surface area contributed by atoms with Crippen LogP contribution in [0.25, 0.3) is 10.9 Å². The summed E-state index contributed by atoms with van der Waals surface area (Å²) < 4.78 is 11.3. The van der Waals surface area contributed by atoms with E-state index in [0.29, 0.717) is 12.2 Å². The van der Waals surface area contributed by atoms with Gasteiger partial charge in [0.15, 0.2) is 0 Å². The molecule has 0 aliphatic heterocycles. The van der Waals surface area contributed by atoms with E-state index in [1.165, 1.54) is 12.7 Å². The van der Waals surface area contributed by atoms with Crippen molar-refractivity contribution in [2.24, 2.45) is 0 Å². The number of methoxy groups -OCH3 is 1. The number of carbonyl (C=O) groups is 1. The first-order valence-electron chi connectivity index (χ1n) is 11.5. The predicted molar refractivity (Wildman–Crippen MR) is 130 cm³/mol. The van der Waals surface area contributed by atoms with Crippen LogP contribution in [0.2, 0.25) is 0 Å². The maximum Gasteiger partial charge on any atom is 0.338 e. The van der Waals surface area contributed by atoms with Crippen molar-refractivity contribution in [1.29, 1.82) is 0 Å². The largest absolute Gasteiger partial charge is 0.487 e. The van der Waals surface area contributed by atoms with E-state index >= 15 is 0 Å². The molecule has 1 heterocycles. The molecule has 0 N–H and O–H groups in total. The van der Waals surface area contributed by atoms with Crippen LogP contribution in [0.15, 0.2) is 84.9 Å². The molecule has 1 aromatic heterocycles. The lowest BCUT2D eigenvalue weighted by molar-refractivity contribution is 0.0598. The minimum absolute atomic E-state index is 0.217. The van der Waals surface area contributed by atoms with Crippen LogP contribution in [-0.4, -0.2) is 18.1 Å². The number of rotatable bonds is 6. The molecule has 0 radical (unpaired) electrons. The van der Waals surface area contributed by atoms with Gasteiger partial charge in [-0.2, -0.15) is 0 Å². The normalized spacial score (nSPS) is 14.8. The molecule has 1 aliphatic rings. The summed E-state index contributed by atoms with van der Waals surface area (Å²) in [5.41, 5.74) is 4.44. The van der Waals surface area contributed by atoms with Gasteiger partial charge < -0.3 is 9.47 Å². The van der Waals surface area contributed by atoms with Gasteiger partial charge in [-0.3, -0.25) is 0 Å². The summed E-state index contributed by atoms with van der Waals surface area (Å²) in [4.78, 5) is 17.4. The van der Waals surface area contributed by atoms with E-state index < -0.39 is 0 Å². The summed E-state index contributed by atoms with van der Waals surface area (Å²) in [6.45, 7) is 0.361. The molecule has 0 atom stereocenters. The molecule has 33 heavy (non-hydrogen) atoms. The highest BCUT2D eigenvalue weighted by atomic mass is 16.5. The number of esters is 1. The van der Waals surface area contributed by atoms with Crippen LogP contribution in [0.3, 0.4) is 0 Å². The fourth-order valence-electron chi connectivity index (χ4n) is 5.09. The first-order chi connectivity index (χ1) is 16.2. The van der Waals surface area contributed by atoms with Crippen LogP contribution < -0.4 is 4.74 Å². The molecular weight excluding hydrogens is 410 g/mol. The van der Waals surface area contributed by atoms with Crippen molar-refractivity contribution < 1.29 is 14.3 Å². The predicted octanol–water partition coefficient (Wildman–Crippen LogP) is 6.46. The van der Waals surface area contributed by atoms with Gasteiger partial charge in [0, 0.05) is 10.8 Å². The van der Waals surface area contributed by atoms with Crippen molar-refractivity contribution in [3.63, 3.8) is 0 Å². The molecule has 3 aromatic carbocycles. The van der Waals surface area contributed by atoms with E-state index in [4.69, 9.17) is 14.5 Å². The minimum Gasteiger partial charge on any atom is -0.487 e. The van der Waals surface area contributed by atoms with Crippen LogP contribution in [-0.2, 0) is 16.8 Å². The number of fused-ring (bicyclic) bond motifs is 1. The molecule has 4 aromatic rings. The maximum atomic E-state index is 12.7. The molecule has 0 spiro atoms. The van der Waals surface area contributed by atoms with Gasteiger partial charge in [-0.1, -0.05) is 67.4 Å². The Morgan fingerprint density at radius 2 is 1.67 bits per heavy atom. The number of ether oxygens (including phenoxy) is 2.